The Morgan fingerprint density at radius 1 is 1.38 bits per heavy atom. The predicted molar refractivity (Wildman–Crippen MR) is 87.1 cm³/mol. The molecule has 4 heteroatoms. The molecule has 1 aromatic rings. The molecular weight excluding hydrogens is 262 g/mol. The molecule has 1 aromatic carbocycles. The van der Waals surface area contributed by atoms with E-state index in [0.717, 1.165) is 23.2 Å². The minimum Gasteiger partial charge on any atom is -0.324 e. The topological polar surface area (TPSA) is 58.4 Å². The number of fused-ring (bicyclic) bond motifs is 1. The molecule has 2 rings (SSSR count). The number of anilines is 1. The number of nitrogens with one attached hydrogen (secondary N) is 1. The molecule has 3 N–H and O–H groups in total. The Kier molecular flexibility index (Phi) is 4.28. The van der Waals surface area contributed by atoms with Crippen LogP contribution in [0.25, 0.3) is 0 Å². The minimum atomic E-state index is -0.0547. The lowest BCUT2D eigenvalue weighted by Crippen LogP contribution is -2.35. The zero-order valence-electron chi connectivity index (χ0n) is 13.7. The number of urea groups is 1. The minimum absolute atomic E-state index is 0.0347. The summed E-state index contributed by atoms with van der Waals surface area (Å²) in [4.78, 5) is 13.3. The van der Waals surface area contributed by atoms with E-state index in [2.05, 4.69) is 39.1 Å². The van der Waals surface area contributed by atoms with Crippen LogP contribution >= 0.6 is 0 Å². The Bertz CT molecular complexity index is 533. The maximum atomic E-state index is 11.6. The number of carbonyl (C=O) groups excluding carboxylic acids is 1. The summed E-state index contributed by atoms with van der Waals surface area (Å²) in [6.07, 6.45) is 0.963. The fourth-order valence-electron chi connectivity index (χ4n) is 2.51. The van der Waals surface area contributed by atoms with Gasteiger partial charge in [-0.2, -0.15) is 0 Å². The summed E-state index contributed by atoms with van der Waals surface area (Å²) in [5.74, 6) is 0.547. The zero-order chi connectivity index (χ0) is 15.8. The Morgan fingerprint density at radius 3 is 2.67 bits per heavy atom. The third kappa shape index (κ3) is 3.56. The molecule has 1 aliphatic heterocycles. The van der Waals surface area contributed by atoms with Crippen molar-refractivity contribution in [2.45, 2.75) is 46.7 Å². The van der Waals surface area contributed by atoms with Gasteiger partial charge in [-0.1, -0.05) is 39.8 Å². The van der Waals surface area contributed by atoms with E-state index < -0.39 is 0 Å². The highest BCUT2D eigenvalue weighted by Crippen LogP contribution is 2.33. The largest absolute Gasteiger partial charge is 0.324 e. The summed E-state index contributed by atoms with van der Waals surface area (Å²) in [7, 11) is 1.80. The Morgan fingerprint density at radius 2 is 2.05 bits per heavy atom. The van der Waals surface area contributed by atoms with Crippen molar-refractivity contribution in [2.24, 2.45) is 17.1 Å². The van der Waals surface area contributed by atoms with Gasteiger partial charge in [0.1, 0.15) is 0 Å². The van der Waals surface area contributed by atoms with Crippen molar-refractivity contribution in [1.82, 2.24) is 4.90 Å². The fourth-order valence-corrected chi connectivity index (χ4v) is 2.51. The van der Waals surface area contributed by atoms with Crippen molar-refractivity contribution < 1.29 is 4.79 Å². The molecule has 0 aromatic heterocycles. The molecule has 1 heterocycles. The van der Waals surface area contributed by atoms with Crippen molar-refractivity contribution in [2.75, 3.05) is 12.4 Å². The van der Waals surface area contributed by atoms with Crippen LogP contribution in [-0.4, -0.2) is 18.0 Å². The van der Waals surface area contributed by atoms with Gasteiger partial charge >= 0.3 is 6.03 Å². The number of hydrogen-bond acceptors (Lipinski definition) is 2. The third-order valence-corrected chi connectivity index (χ3v) is 4.64. The molecule has 21 heavy (non-hydrogen) atoms. The van der Waals surface area contributed by atoms with E-state index in [-0.39, 0.29) is 17.5 Å². The van der Waals surface area contributed by atoms with E-state index in [9.17, 15) is 4.79 Å². The molecule has 2 unspecified atom stereocenters. The molecule has 0 fully saturated rings. The lowest BCUT2D eigenvalue weighted by Gasteiger charge is -2.30. The highest BCUT2D eigenvalue weighted by molar-refractivity contribution is 5.92. The van der Waals surface area contributed by atoms with Gasteiger partial charge in [-0.15, -0.1) is 0 Å². The number of amides is 2. The predicted octanol–water partition coefficient (Wildman–Crippen LogP) is 3.74. The van der Waals surface area contributed by atoms with Gasteiger partial charge in [0.2, 0.25) is 0 Å². The van der Waals surface area contributed by atoms with Gasteiger partial charge in [0.05, 0.1) is 0 Å². The Hall–Kier alpha value is -1.55. The number of rotatable bonds is 3. The van der Waals surface area contributed by atoms with Gasteiger partial charge in [0.25, 0.3) is 0 Å². The fraction of sp³-hybridized carbons (Fsp3) is 0.588. The molecule has 0 spiro atoms. The smallest absolute Gasteiger partial charge is 0.321 e. The number of benzene rings is 1. The van der Waals surface area contributed by atoms with E-state index in [4.69, 9.17) is 5.73 Å². The summed E-state index contributed by atoms with van der Waals surface area (Å²) in [5, 5.41) is 2.89. The van der Waals surface area contributed by atoms with E-state index >= 15 is 0 Å². The average molecular weight is 289 g/mol. The second kappa shape index (κ2) is 5.68. The maximum absolute atomic E-state index is 11.6. The summed E-state index contributed by atoms with van der Waals surface area (Å²) < 4.78 is 0. The monoisotopic (exact) mass is 289 g/mol. The van der Waals surface area contributed by atoms with Crippen molar-refractivity contribution in [1.29, 1.82) is 0 Å². The van der Waals surface area contributed by atoms with Crippen LogP contribution in [0.2, 0.25) is 0 Å². The molecule has 1 aliphatic rings. The third-order valence-electron chi connectivity index (χ3n) is 4.64. The van der Waals surface area contributed by atoms with Gasteiger partial charge in [0, 0.05) is 25.3 Å². The van der Waals surface area contributed by atoms with Crippen molar-refractivity contribution in [3.05, 3.63) is 29.3 Å². The molecule has 116 valence electrons. The quantitative estimate of drug-likeness (QED) is 0.890. The highest BCUT2D eigenvalue weighted by Gasteiger charge is 2.24. The van der Waals surface area contributed by atoms with Crippen LogP contribution in [0, 0.1) is 11.3 Å². The normalized spacial score (nSPS) is 18.0. The maximum Gasteiger partial charge on any atom is 0.321 e. The van der Waals surface area contributed by atoms with Gasteiger partial charge in [-0.05, 0) is 34.9 Å². The standard InChI is InChI=1S/C17H27N3O/c1-11(17(2,3)4)8-14(18)12-6-7-15-13(9-12)10-20(5)16(21)19-15/h6-7,9,11,14H,8,10,18H2,1-5H3,(H,19,21). The van der Waals surface area contributed by atoms with Crippen LogP contribution in [0.5, 0.6) is 0 Å². The van der Waals surface area contributed by atoms with E-state index in [1.54, 1.807) is 11.9 Å². The summed E-state index contributed by atoms with van der Waals surface area (Å²) in [6, 6.07) is 6.11. The Balaban J connectivity index is 2.15. The molecule has 4 nitrogen and oxygen atoms in total. The first-order valence-corrected chi connectivity index (χ1v) is 7.59. The van der Waals surface area contributed by atoms with Crippen LogP contribution in [0.4, 0.5) is 10.5 Å². The molecule has 0 saturated carbocycles. The lowest BCUT2D eigenvalue weighted by atomic mass is 9.77. The molecule has 2 amide bonds. The first-order valence-electron chi connectivity index (χ1n) is 7.59. The van der Waals surface area contributed by atoms with E-state index in [1.165, 1.54) is 0 Å². The number of hydrogen-bond donors (Lipinski definition) is 2. The van der Waals surface area contributed by atoms with E-state index in [1.807, 2.05) is 12.1 Å². The van der Waals surface area contributed by atoms with Crippen LogP contribution in [0.1, 0.15) is 51.3 Å². The molecular formula is C17H27N3O. The van der Waals surface area contributed by atoms with Gasteiger partial charge in [-0.3, -0.25) is 0 Å². The highest BCUT2D eigenvalue weighted by atomic mass is 16.2. The second-order valence-electron chi connectivity index (χ2n) is 7.31. The second-order valence-corrected chi connectivity index (χ2v) is 7.31. The van der Waals surface area contributed by atoms with Gasteiger partial charge in [0.15, 0.2) is 0 Å². The van der Waals surface area contributed by atoms with Gasteiger partial charge in [-0.25, -0.2) is 4.79 Å². The lowest BCUT2D eigenvalue weighted by molar-refractivity contribution is 0.218. The van der Waals surface area contributed by atoms with Crippen LogP contribution in [-0.2, 0) is 6.54 Å². The Labute approximate surface area is 127 Å². The molecule has 0 radical (unpaired) electrons. The first-order chi connectivity index (χ1) is 9.68. The molecule has 2 atom stereocenters. The summed E-state index contributed by atoms with van der Waals surface area (Å²) >= 11 is 0. The van der Waals surface area contributed by atoms with Crippen molar-refractivity contribution in [3.8, 4) is 0 Å². The van der Waals surface area contributed by atoms with Gasteiger partial charge < -0.3 is 16.0 Å². The number of carbonyl (C=O) groups is 1. The zero-order valence-corrected chi connectivity index (χ0v) is 13.7. The molecule has 0 aliphatic carbocycles. The summed E-state index contributed by atoms with van der Waals surface area (Å²) in [6.45, 7) is 9.65. The number of nitrogens with zero attached hydrogens (tertiary/aromatic N) is 1. The molecule has 0 saturated heterocycles. The van der Waals surface area contributed by atoms with Crippen LogP contribution < -0.4 is 11.1 Å². The first kappa shape index (κ1) is 15.8. The molecule has 0 bridgehead atoms. The summed E-state index contributed by atoms with van der Waals surface area (Å²) in [5.41, 5.74) is 9.83. The van der Waals surface area contributed by atoms with Crippen molar-refractivity contribution in [3.63, 3.8) is 0 Å². The SMILES string of the molecule is CC(CC(N)c1ccc2c(c1)CN(C)C(=O)N2)C(C)(C)C. The van der Waals surface area contributed by atoms with Crippen LogP contribution in [0.15, 0.2) is 18.2 Å². The van der Waals surface area contributed by atoms with Crippen LogP contribution in [0.3, 0.4) is 0 Å². The van der Waals surface area contributed by atoms with E-state index in [0.29, 0.717) is 12.5 Å². The van der Waals surface area contributed by atoms with Crippen molar-refractivity contribution >= 4 is 11.7 Å². The number of nitrogens with two attached hydrogens (primary N) is 1. The average Bonchev–Trinajstić information content (AvgIpc) is 2.38.